The third kappa shape index (κ3) is 5.82. The third-order valence-electron chi connectivity index (χ3n) is 7.29. The van der Waals surface area contributed by atoms with E-state index >= 15 is 0 Å². The Hall–Kier alpha value is -4.91. The van der Waals surface area contributed by atoms with Crippen LogP contribution in [-0.2, 0) is 21.0 Å². The quantitative estimate of drug-likeness (QED) is 0.274. The summed E-state index contributed by atoms with van der Waals surface area (Å²) in [5, 5.41) is 8.18. The van der Waals surface area contributed by atoms with Crippen LogP contribution in [0.15, 0.2) is 90.8 Å². The average molecular weight is 624 g/mol. The number of hydrogen-bond acceptors (Lipinski definition) is 5. The zero-order valence-corrected chi connectivity index (χ0v) is 24.5. The molecule has 1 aliphatic heterocycles. The van der Waals surface area contributed by atoms with Crippen molar-refractivity contribution in [2.75, 3.05) is 16.2 Å². The average Bonchev–Trinajstić information content (AvgIpc) is 3.33. The number of aryl methyl sites for hydroxylation is 1. The second kappa shape index (κ2) is 11.6. The number of rotatable bonds is 8. The SMILES string of the molecule is C=CS(=O)(=O)Nc1cccc([C@H]2c3c(C)nn(-c4ccccc4)c3N(CC)C(=O)[C@H]2NC(=O)c2cccc(C(F)(F)F)c2)c1. The van der Waals surface area contributed by atoms with Gasteiger partial charge < -0.3 is 5.32 Å². The van der Waals surface area contributed by atoms with Gasteiger partial charge >= 0.3 is 6.18 Å². The van der Waals surface area contributed by atoms with Crippen LogP contribution >= 0.6 is 0 Å². The molecule has 0 saturated carbocycles. The summed E-state index contributed by atoms with van der Waals surface area (Å²) in [5.41, 5.74) is 1.18. The van der Waals surface area contributed by atoms with Gasteiger partial charge in [0.1, 0.15) is 11.9 Å². The van der Waals surface area contributed by atoms with Gasteiger partial charge in [0.15, 0.2) is 0 Å². The second-order valence-electron chi connectivity index (χ2n) is 10.1. The van der Waals surface area contributed by atoms with E-state index in [1.807, 2.05) is 30.3 Å². The molecule has 2 heterocycles. The van der Waals surface area contributed by atoms with Gasteiger partial charge in [0.2, 0.25) is 0 Å². The Bertz CT molecular complexity index is 1860. The Labute approximate surface area is 252 Å². The molecule has 0 saturated heterocycles. The van der Waals surface area contributed by atoms with Crippen molar-refractivity contribution in [3.8, 4) is 5.69 Å². The molecule has 2 atom stereocenters. The molecule has 228 valence electrons. The summed E-state index contributed by atoms with van der Waals surface area (Å²) >= 11 is 0. The van der Waals surface area contributed by atoms with E-state index in [-0.39, 0.29) is 17.8 Å². The number of hydrogen-bond donors (Lipinski definition) is 2. The number of alkyl halides is 3. The maximum absolute atomic E-state index is 14.2. The number of carbonyl (C=O) groups is 2. The number of aromatic nitrogens is 2. The maximum Gasteiger partial charge on any atom is 0.416 e. The number of nitrogens with one attached hydrogen (secondary N) is 2. The van der Waals surface area contributed by atoms with Crippen LogP contribution in [0.3, 0.4) is 0 Å². The number of benzene rings is 3. The van der Waals surface area contributed by atoms with Gasteiger partial charge in [-0.2, -0.15) is 18.3 Å². The van der Waals surface area contributed by atoms with Crippen molar-refractivity contribution in [2.45, 2.75) is 32.0 Å². The Morgan fingerprint density at radius 2 is 1.75 bits per heavy atom. The van der Waals surface area contributed by atoms with Crippen LogP contribution in [0.25, 0.3) is 5.69 Å². The Morgan fingerprint density at radius 1 is 1.05 bits per heavy atom. The summed E-state index contributed by atoms with van der Waals surface area (Å²) in [5.74, 6) is -1.82. The number of likely N-dealkylation sites (N-methyl/N-ethyl adjacent to an activating group) is 1. The summed E-state index contributed by atoms with van der Waals surface area (Å²) in [4.78, 5) is 29.1. The highest BCUT2D eigenvalue weighted by atomic mass is 32.2. The van der Waals surface area contributed by atoms with E-state index in [1.165, 1.54) is 23.1 Å². The molecule has 0 spiro atoms. The summed E-state index contributed by atoms with van der Waals surface area (Å²) < 4.78 is 68.7. The molecule has 1 aromatic heterocycles. The van der Waals surface area contributed by atoms with E-state index in [9.17, 15) is 31.2 Å². The van der Waals surface area contributed by atoms with Crippen molar-refractivity contribution < 1.29 is 31.2 Å². The zero-order chi connectivity index (χ0) is 31.8. The number of amides is 2. The van der Waals surface area contributed by atoms with Gasteiger partial charge in [-0.3, -0.25) is 19.2 Å². The number of sulfonamides is 1. The lowest BCUT2D eigenvalue weighted by Crippen LogP contribution is -2.55. The predicted octanol–water partition coefficient (Wildman–Crippen LogP) is 5.38. The van der Waals surface area contributed by atoms with E-state index in [1.54, 1.807) is 30.7 Å². The van der Waals surface area contributed by atoms with Crippen molar-refractivity contribution >= 4 is 33.3 Å². The minimum Gasteiger partial charge on any atom is -0.339 e. The van der Waals surface area contributed by atoms with E-state index in [0.29, 0.717) is 28.3 Å². The first-order valence-electron chi connectivity index (χ1n) is 13.5. The van der Waals surface area contributed by atoms with Gasteiger partial charge in [0, 0.05) is 34.7 Å². The van der Waals surface area contributed by atoms with Crippen molar-refractivity contribution in [1.82, 2.24) is 15.1 Å². The molecule has 3 aromatic carbocycles. The van der Waals surface area contributed by atoms with Crippen molar-refractivity contribution in [3.63, 3.8) is 0 Å². The van der Waals surface area contributed by atoms with E-state index < -0.39 is 45.5 Å². The highest BCUT2D eigenvalue weighted by Gasteiger charge is 2.45. The number of fused-ring (bicyclic) bond motifs is 1. The molecule has 0 unspecified atom stereocenters. The largest absolute Gasteiger partial charge is 0.416 e. The molecule has 44 heavy (non-hydrogen) atoms. The molecule has 13 heteroatoms. The number of nitrogens with zero attached hydrogens (tertiary/aromatic N) is 3. The molecule has 5 rings (SSSR count). The van der Waals surface area contributed by atoms with E-state index in [0.717, 1.165) is 23.6 Å². The lowest BCUT2D eigenvalue weighted by molar-refractivity contribution is -0.137. The fraction of sp³-hybridized carbons (Fsp3) is 0.194. The predicted molar refractivity (Wildman–Crippen MR) is 160 cm³/mol. The Morgan fingerprint density at radius 3 is 2.41 bits per heavy atom. The van der Waals surface area contributed by atoms with E-state index in [2.05, 4.69) is 16.6 Å². The Balaban J connectivity index is 1.68. The number of para-hydroxylation sites is 1. The molecule has 2 N–H and O–H groups in total. The molecule has 9 nitrogen and oxygen atoms in total. The van der Waals surface area contributed by atoms with Crippen LogP contribution in [0.2, 0.25) is 0 Å². The highest BCUT2D eigenvalue weighted by molar-refractivity contribution is 7.95. The number of carbonyl (C=O) groups excluding carboxylic acids is 2. The van der Waals surface area contributed by atoms with Crippen molar-refractivity contribution in [3.05, 3.63) is 119 Å². The molecule has 2 amide bonds. The maximum atomic E-state index is 14.2. The minimum absolute atomic E-state index is 0.186. The summed E-state index contributed by atoms with van der Waals surface area (Å²) in [6.45, 7) is 7.02. The lowest BCUT2D eigenvalue weighted by Gasteiger charge is -2.38. The fourth-order valence-electron chi connectivity index (χ4n) is 5.35. The number of halogens is 3. The molecule has 4 aromatic rings. The fourth-order valence-corrected chi connectivity index (χ4v) is 5.89. The third-order valence-corrected chi connectivity index (χ3v) is 8.25. The van der Waals surface area contributed by atoms with Crippen LogP contribution in [0, 0.1) is 6.92 Å². The second-order valence-corrected chi connectivity index (χ2v) is 11.7. The first kappa shape index (κ1) is 30.5. The molecule has 0 radical (unpaired) electrons. The zero-order valence-electron chi connectivity index (χ0n) is 23.7. The van der Waals surface area contributed by atoms with Crippen LogP contribution < -0.4 is 14.9 Å². The number of anilines is 2. The molecular formula is C31H28F3N5O4S. The van der Waals surface area contributed by atoms with Gasteiger partial charge in [0.25, 0.3) is 21.8 Å². The standard InChI is InChI=1S/C31H28F3N5O4S/c1-4-38-29-25(19(3)36-39(29)24-15-7-6-8-16-24)26(20-11-10-14-23(18-20)37-44(42,43)5-2)27(30(38)41)35-28(40)21-12-9-13-22(17-21)31(32,33)34/h5-18,26-27,37H,2,4H2,1,3H3,(H,35,40)/t26-,27-/m0/s1. The first-order valence-corrected chi connectivity index (χ1v) is 15.1. The minimum atomic E-state index is -4.67. The van der Waals surface area contributed by atoms with Crippen LogP contribution in [0.5, 0.6) is 0 Å². The summed E-state index contributed by atoms with van der Waals surface area (Å²) in [6, 6.07) is 18.1. The smallest absolute Gasteiger partial charge is 0.339 e. The highest BCUT2D eigenvalue weighted by Crippen LogP contribution is 2.44. The summed E-state index contributed by atoms with van der Waals surface area (Å²) in [7, 11) is -3.87. The van der Waals surface area contributed by atoms with Crippen molar-refractivity contribution in [2.24, 2.45) is 0 Å². The van der Waals surface area contributed by atoms with Gasteiger partial charge in [-0.15, -0.1) is 0 Å². The molecule has 1 aliphatic rings. The molecule has 0 aliphatic carbocycles. The normalized spacial score (nSPS) is 16.8. The van der Waals surface area contributed by atoms with E-state index in [4.69, 9.17) is 5.10 Å². The van der Waals surface area contributed by atoms with Crippen LogP contribution in [0.4, 0.5) is 24.7 Å². The topological polar surface area (TPSA) is 113 Å². The first-order chi connectivity index (χ1) is 20.8. The Kier molecular flexibility index (Phi) is 8.08. The monoisotopic (exact) mass is 623 g/mol. The van der Waals surface area contributed by atoms with Crippen LogP contribution in [0.1, 0.15) is 45.6 Å². The van der Waals surface area contributed by atoms with Gasteiger partial charge in [-0.25, -0.2) is 13.1 Å². The molecule has 0 bridgehead atoms. The molecule has 0 fully saturated rings. The van der Waals surface area contributed by atoms with Crippen LogP contribution in [-0.4, -0.2) is 42.6 Å². The van der Waals surface area contributed by atoms with Crippen molar-refractivity contribution in [1.29, 1.82) is 0 Å². The molecular weight excluding hydrogens is 595 g/mol. The van der Waals surface area contributed by atoms with Gasteiger partial charge in [0.05, 0.1) is 16.9 Å². The summed E-state index contributed by atoms with van der Waals surface area (Å²) in [6.07, 6.45) is -4.67. The lowest BCUT2D eigenvalue weighted by atomic mass is 9.81. The van der Waals surface area contributed by atoms with Gasteiger partial charge in [-0.1, -0.05) is 43.0 Å². The van der Waals surface area contributed by atoms with Gasteiger partial charge in [-0.05, 0) is 61.9 Å².